The summed E-state index contributed by atoms with van der Waals surface area (Å²) in [6, 6.07) is 84.8. The van der Waals surface area contributed by atoms with E-state index >= 15 is 0 Å². The molecule has 2 heterocycles. The lowest BCUT2D eigenvalue weighted by Gasteiger charge is -2.25. The van der Waals surface area contributed by atoms with Gasteiger partial charge in [-0.15, -0.1) is 0 Å². The molecule has 23 heteroatoms. The van der Waals surface area contributed by atoms with Crippen LogP contribution in [0, 0.1) is 11.3 Å². The SMILES string of the molecule is N#Cc1ccccc1-c1ccccc1CS(=O)(=O)NCCc1c(CCCc2ccc(C(=O)O)cc2)c2cc(Cl)ccc2n1C(c1ccccc1)c1ccccc1.O=C(O)CCc1ccc(S(=O)(=O)CCc2c(CCNS(=O)(=O)Cc3ccccc3C(F)(F)F)n(C(c3ccccc3)c3ccccc3)c3ccc(Cl)cc23)cc1. The average Bonchev–Trinajstić information content (AvgIpc) is 1.59. The van der Waals surface area contributed by atoms with Crippen LogP contribution in [0.3, 0.4) is 0 Å². The van der Waals surface area contributed by atoms with Crippen LogP contribution in [0.1, 0.15) is 113 Å². The van der Waals surface area contributed by atoms with Crippen LogP contribution >= 0.6 is 23.2 Å². The quantitative estimate of drug-likeness (QED) is 0.0319. The number of aromatic nitrogens is 2. The van der Waals surface area contributed by atoms with Crippen molar-refractivity contribution in [3.8, 4) is 17.2 Å². The van der Waals surface area contributed by atoms with Gasteiger partial charge in [-0.05, 0) is 172 Å². The number of sulfonamides is 2. The second-order valence-corrected chi connectivity index (χ2v) is 33.7. The largest absolute Gasteiger partial charge is 0.481 e. The molecule has 0 unspecified atom stereocenters. The van der Waals surface area contributed by atoms with Crippen LogP contribution in [0.15, 0.2) is 284 Å². The fourth-order valence-corrected chi connectivity index (χ4v) is 18.5. The van der Waals surface area contributed by atoms with Gasteiger partial charge in [-0.1, -0.05) is 229 Å². The Balaban J connectivity index is 0.000000208. The average molecular weight is 1600 g/mol. The van der Waals surface area contributed by atoms with Crippen molar-refractivity contribution in [2.75, 3.05) is 18.8 Å². The zero-order valence-electron chi connectivity index (χ0n) is 60.5. The lowest BCUT2D eigenvalue weighted by molar-refractivity contribution is -0.138. The third-order valence-electron chi connectivity index (χ3n) is 19.7. The molecule has 572 valence electrons. The molecule has 0 amide bonds. The lowest BCUT2D eigenvalue weighted by atomic mass is 9.97. The van der Waals surface area contributed by atoms with Crippen molar-refractivity contribution >= 4 is 86.8 Å². The van der Waals surface area contributed by atoms with Crippen LogP contribution in [0.2, 0.25) is 10.0 Å². The van der Waals surface area contributed by atoms with Crippen LogP contribution in [0.25, 0.3) is 32.9 Å². The maximum atomic E-state index is 13.8. The number of rotatable bonds is 31. The number of halogens is 5. The third-order valence-corrected chi connectivity index (χ3v) is 24.6. The number of carbonyl (C=O) groups is 2. The van der Waals surface area contributed by atoms with Crippen molar-refractivity contribution in [3.05, 3.63) is 373 Å². The maximum Gasteiger partial charge on any atom is 0.416 e. The number of nitriles is 1. The topological polar surface area (TPSA) is 235 Å². The number of fused-ring (bicyclic) bond motifs is 2. The molecule has 112 heavy (non-hydrogen) atoms. The summed E-state index contributed by atoms with van der Waals surface area (Å²) in [5, 5.41) is 30.9. The summed E-state index contributed by atoms with van der Waals surface area (Å²) in [6.45, 7) is -0.0439. The van der Waals surface area contributed by atoms with Gasteiger partial charge in [0.05, 0.1) is 57.0 Å². The van der Waals surface area contributed by atoms with E-state index in [9.17, 15) is 58.4 Å². The van der Waals surface area contributed by atoms with E-state index in [0.29, 0.717) is 67.3 Å². The standard InChI is InChI=1S/C47H40ClN3O4S.C42H38ClF3N2O6S2/c48-39-26-27-44-43(30-39)42(21-11-12-33-22-24-36(25-23-33)47(52)53)45(51(44)46(34-13-3-1-4-14-34)35-15-5-2-6-16-35)28-29-50-56(54,55)32-38-18-8-10-20-41(38)40-19-9-7-17-37(40)31-49;43-33-18-21-38-36(27-33)35(24-26-55(51,52)34-19-15-29(16-20-34)17-22-40(49)50)39(48(38)41(30-9-3-1-4-10-30)31-11-5-2-6-12-31)23-25-47-56(53,54)28-32-13-7-8-14-37(32)42(44,45)46/h1-10,13-20,22-27,30,46,50H,11-12,21,28-29,32H2,(H,52,53);1-16,18-21,27,41,47H,17,22-26,28H2,(H,49,50). The number of nitrogens with one attached hydrogen (secondary N) is 2. The molecular weight excluding hydrogens is 1520 g/mol. The summed E-state index contributed by atoms with van der Waals surface area (Å²) >= 11 is 13.2. The minimum Gasteiger partial charge on any atom is -0.481 e. The molecule has 11 aromatic carbocycles. The molecule has 0 saturated carbocycles. The molecule has 13 aromatic rings. The normalized spacial score (nSPS) is 11.9. The second-order valence-electron chi connectivity index (χ2n) is 27.1. The van der Waals surface area contributed by atoms with Crippen LogP contribution in [-0.2, 0) is 90.9 Å². The number of alkyl halides is 3. The highest BCUT2D eigenvalue weighted by molar-refractivity contribution is 7.91. The molecule has 0 bridgehead atoms. The van der Waals surface area contributed by atoms with Gasteiger partial charge in [-0.2, -0.15) is 18.4 Å². The molecule has 0 saturated heterocycles. The number of benzene rings is 11. The first-order valence-corrected chi connectivity index (χ1v) is 41.9. The molecular formula is C89H78Cl2F3N5O10S3. The fourth-order valence-electron chi connectivity index (χ4n) is 14.6. The number of aliphatic carboxylic acids is 1. The molecule has 13 rings (SSSR count). The summed E-state index contributed by atoms with van der Waals surface area (Å²) in [7, 11) is -12.0. The highest BCUT2D eigenvalue weighted by Gasteiger charge is 2.35. The smallest absolute Gasteiger partial charge is 0.416 e. The van der Waals surface area contributed by atoms with Crippen LogP contribution in [0.5, 0.6) is 0 Å². The molecule has 0 atom stereocenters. The van der Waals surface area contributed by atoms with Gasteiger partial charge in [0.25, 0.3) is 0 Å². The molecule has 15 nitrogen and oxygen atoms in total. The van der Waals surface area contributed by atoms with Crippen molar-refractivity contribution < 1.29 is 58.2 Å². The monoisotopic (exact) mass is 1600 g/mol. The number of hydrogen-bond donors (Lipinski definition) is 4. The number of aryl methyl sites for hydroxylation is 4. The van der Waals surface area contributed by atoms with E-state index in [2.05, 4.69) is 48.9 Å². The second kappa shape index (κ2) is 36.0. The molecule has 0 fully saturated rings. The fraction of sp³-hybridized carbons (Fsp3) is 0.180. The summed E-state index contributed by atoms with van der Waals surface area (Å²) in [5.74, 6) is -3.37. The lowest BCUT2D eigenvalue weighted by Crippen LogP contribution is -2.29. The first-order chi connectivity index (χ1) is 53.8. The van der Waals surface area contributed by atoms with E-state index in [-0.39, 0.29) is 72.3 Å². The van der Waals surface area contributed by atoms with Crippen LogP contribution in [-0.4, -0.2) is 75.4 Å². The van der Waals surface area contributed by atoms with Crippen LogP contribution in [0.4, 0.5) is 13.2 Å². The first-order valence-electron chi connectivity index (χ1n) is 36.2. The zero-order chi connectivity index (χ0) is 79.2. The first kappa shape index (κ1) is 80.6. The highest BCUT2D eigenvalue weighted by Crippen LogP contribution is 2.42. The van der Waals surface area contributed by atoms with Crippen LogP contribution < -0.4 is 9.44 Å². The molecule has 0 aliphatic carbocycles. The van der Waals surface area contributed by atoms with Crippen molar-refractivity contribution in [2.45, 2.75) is 86.0 Å². The molecule has 0 spiro atoms. The van der Waals surface area contributed by atoms with Gasteiger partial charge in [-0.25, -0.2) is 39.5 Å². The number of sulfone groups is 1. The minimum atomic E-state index is -4.74. The van der Waals surface area contributed by atoms with Crippen molar-refractivity contribution in [3.63, 3.8) is 0 Å². The van der Waals surface area contributed by atoms with Crippen molar-refractivity contribution in [2.24, 2.45) is 0 Å². The van der Waals surface area contributed by atoms with Crippen molar-refractivity contribution in [1.29, 1.82) is 5.26 Å². The molecule has 2 aromatic heterocycles. The van der Waals surface area contributed by atoms with Gasteiger partial charge >= 0.3 is 18.1 Å². The number of nitrogens with zero attached hydrogens (tertiary/aromatic N) is 3. The number of carboxylic acids is 2. The van der Waals surface area contributed by atoms with Gasteiger partial charge in [0.2, 0.25) is 20.0 Å². The predicted molar refractivity (Wildman–Crippen MR) is 434 cm³/mol. The Bertz CT molecular complexity index is 5830. The van der Waals surface area contributed by atoms with Gasteiger partial charge in [0.1, 0.15) is 0 Å². The van der Waals surface area contributed by atoms with E-state index in [1.807, 2.05) is 164 Å². The van der Waals surface area contributed by atoms with Gasteiger partial charge in [-0.3, -0.25) is 4.79 Å². The Morgan fingerprint density at radius 2 is 0.884 bits per heavy atom. The maximum absolute atomic E-state index is 13.8. The van der Waals surface area contributed by atoms with E-state index in [0.717, 1.165) is 80.5 Å². The summed E-state index contributed by atoms with van der Waals surface area (Å²) in [5.41, 5.74) is 12.1. The van der Waals surface area contributed by atoms with E-state index in [1.54, 1.807) is 54.6 Å². The van der Waals surface area contributed by atoms with E-state index in [1.165, 1.54) is 24.3 Å². The predicted octanol–water partition coefficient (Wildman–Crippen LogP) is 18.7. The number of carboxylic acid groups (broad SMARTS) is 2. The van der Waals surface area contributed by atoms with Crippen molar-refractivity contribution in [1.82, 2.24) is 18.6 Å². The third kappa shape index (κ3) is 19.9. The summed E-state index contributed by atoms with van der Waals surface area (Å²) in [6.07, 6.45) is -1.91. The Morgan fingerprint density at radius 3 is 1.36 bits per heavy atom. The Hall–Kier alpha value is -10.9. The van der Waals surface area contributed by atoms with Gasteiger partial charge < -0.3 is 19.3 Å². The van der Waals surface area contributed by atoms with E-state index in [4.69, 9.17) is 28.3 Å². The molecule has 0 aliphatic rings. The molecule has 4 N–H and O–H groups in total. The van der Waals surface area contributed by atoms with E-state index < -0.39 is 65.4 Å². The summed E-state index contributed by atoms with van der Waals surface area (Å²) in [4.78, 5) is 22.5. The Kier molecular flexibility index (Phi) is 25.9. The van der Waals surface area contributed by atoms with Gasteiger partial charge in [0, 0.05) is 75.6 Å². The number of aromatic carboxylic acids is 1. The summed E-state index contributed by atoms with van der Waals surface area (Å²) < 4.78 is 133. The molecule has 0 radical (unpaired) electrons. The Morgan fingerprint density at radius 1 is 0.464 bits per heavy atom. The highest BCUT2D eigenvalue weighted by atomic mass is 35.5. The minimum absolute atomic E-state index is 0.0181. The number of hydrogen-bond acceptors (Lipinski definition) is 9. The molecule has 0 aliphatic heterocycles. The zero-order valence-corrected chi connectivity index (χ0v) is 64.5. The van der Waals surface area contributed by atoms with Gasteiger partial charge in [0.15, 0.2) is 9.84 Å². The Labute approximate surface area is 659 Å².